The molecule has 0 spiro atoms. The van der Waals surface area contributed by atoms with Crippen molar-refractivity contribution >= 4 is 49.4 Å². The van der Waals surface area contributed by atoms with Crippen molar-refractivity contribution in [2.75, 3.05) is 0 Å². The summed E-state index contributed by atoms with van der Waals surface area (Å²) in [5, 5.41) is 11.9. The summed E-state index contributed by atoms with van der Waals surface area (Å²) in [5.41, 5.74) is 6.92. The first-order valence-corrected chi connectivity index (χ1v) is 16.3. The number of rotatable bonds is 8. The largest absolute Gasteiger partial charge is 0.512 e. The van der Waals surface area contributed by atoms with Crippen molar-refractivity contribution in [1.82, 2.24) is 9.97 Å². The molecule has 5 aromatic rings. The number of pyridine rings is 2. The molecular formula is C36H41IrN2O3S-. The van der Waals surface area contributed by atoms with Crippen LogP contribution < -0.4 is 0 Å². The Balaban J connectivity index is 0.000000230. The summed E-state index contributed by atoms with van der Waals surface area (Å²) in [4.78, 5) is 22.8. The van der Waals surface area contributed by atoms with Crippen molar-refractivity contribution in [3.8, 4) is 11.3 Å². The second-order valence-corrected chi connectivity index (χ2v) is 12.4. The van der Waals surface area contributed by atoms with Gasteiger partial charge in [0.15, 0.2) is 5.78 Å². The molecule has 43 heavy (non-hydrogen) atoms. The van der Waals surface area contributed by atoms with Gasteiger partial charge < -0.3 is 9.52 Å². The van der Waals surface area contributed by atoms with Gasteiger partial charge in [0.25, 0.3) is 0 Å². The fraction of sp³-hybridized carbons (Fsp3) is 0.417. The summed E-state index contributed by atoms with van der Waals surface area (Å²) in [7, 11) is 0. The Kier molecular flexibility index (Phi) is 11.3. The quantitative estimate of drug-likeness (QED) is 0.0966. The molecule has 0 atom stereocenters. The molecule has 0 fully saturated rings. The molecule has 0 bridgehead atoms. The first-order chi connectivity index (χ1) is 20.4. The Hall–Kier alpha value is -2.86. The summed E-state index contributed by atoms with van der Waals surface area (Å²) >= 11 is 1.91. The molecule has 0 amide bonds. The van der Waals surface area contributed by atoms with Crippen LogP contribution in [0.4, 0.5) is 0 Å². The van der Waals surface area contributed by atoms with Gasteiger partial charge in [-0.05, 0) is 87.7 Å². The van der Waals surface area contributed by atoms with E-state index in [1.165, 1.54) is 46.0 Å². The minimum Gasteiger partial charge on any atom is -0.512 e. The molecule has 0 aliphatic heterocycles. The Morgan fingerprint density at radius 2 is 1.70 bits per heavy atom. The standard InChI is InChI=1S/C23H17N2OS.C13H24O2.Ir/c1-13-9-10-15-14-6-4-7-16(22(14)26-23(15)24-13)18-11-12-20-21(25-18)17-5-2-3-8-19(17)27-20;1-5-10(6-2)12(14)9-13(15)11(7-3)8-4;/h4,6,9-12H,2-3,5,8H2,1H3;9-11,14H,5-8H2,1-4H3;/q-1;;/b;12-9-;. The fourth-order valence-electron chi connectivity index (χ4n) is 5.94. The number of fused-ring (bicyclic) bond motifs is 6. The van der Waals surface area contributed by atoms with E-state index >= 15 is 0 Å². The molecule has 4 heterocycles. The number of aromatic nitrogens is 2. The van der Waals surface area contributed by atoms with E-state index < -0.39 is 0 Å². The van der Waals surface area contributed by atoms with E-state index in [0.29, 0.717) is 5.71 Å². The van der Waals surface area contributed by atoms with Crippen LogP contribution in [0, 0.1) is 24.8 Å². The number of aryl methyl sites for hydroxylation is 3. The molecule has 1 radical (unpaired) electrons. The number of carbonyl (C=O) groups is 1. The predicted octanol–water partition coefficient (Wildman–Crippen LogP) is 10.1. The minimum atomic E-state index is 0. The van der Waals surface area contributed by atoms with Gasteiger partial charge in [-0.15, -0.1) is 29.5 Å². The van der Waals surface area contributed by atoms with Crippen molar-refractivity contribution in [3.63, 3.8) is 0 Å². The van der Waals surface area contributed by atoms with Crippen LogP contribution in [-0.2, 0) is 37.7 Å². The molecule has 1 aromatic carbocycles. The third-order valence-corrected chi connectivity index (χ3v) is 9.82. The Morgan fingerprint density at radius 3 is 2.42 bits per heavy atom. The minimum absolute atomic E-state index is 0. The average Bonchev–Trinajstić information content (AvgIpc) is 3.56. The zero-order chi connectivity index (χ0) is 29.8. The number of thiophene rings is 1. The Morgan fingerprint density at radius 1 is 0.977 bits per heavy atom. The molecule has 0 saturated heterocycles. The van der Waals surface area contributed by atoms with Gasteiger partial charge >= 0.3 is 0 Å². The van der Waals surface area contributed by atoms with Crippen molar-refractivity contribution in [2.24, 2.45) is 11.8 Å². The number of furan rings is 1. The van der Waals surface area contributed by atoms with Crippen molar-refractivity contribution in [2.45, 2.75) is 86.0 Å². The molecular weight excluding hydrogens is 733 g/mol. The normalized spacial score (nSPS) is 13.3. The van der Waals surface area contributed by atoms with Gasteiger partial charge in [-0.1, -0.05) is 44.7 Å². The Labute approximate surface area is 272 Å². The third-order valence-electron chi connectivity index (χ3n) is 8.57. The second kappa shape index (κ2) is 14.7. The van der Waals surface area contributed by atoms with E-state index in [0.717, 1.165) is 65.4 Å². The van der Waals surface area contributed by atoms with E-state index in [-0.39, 0.29) is 43.5 Å². The smallest absolute Gasteiger partial charge is 0.216 e. The number of allylic oxidation sites excluding steroid dienone is 2. The molecule has 229 valence electrons. The van der Waals surface area contributed by atoms with E-state index in [9.17, 15) is 9.90 Å². The molecule has 4 aromatic heterocycles. The van der Waals surface area contributed by atoms with Crippen LogP contribution >= 0.6 is 11.3 Å². The van der Waals surface area contributed by atoms with Crippen LogP contribution in [0.25, 0.3) is 43.5 Å². The molecule has 1 N–H and O–H groups in total. The molecule has 5 nitrogen and oxygen atoms in total. The Bertz CT molecular complexity index is 1740. The van der Waals surface area contributed by atoms with Crippen LogP contribution in [0.15, 0.2) is 52.7 Å². The van der Waals surface area contributed by atoms with E-state index in [1.54, 1.807) is 0 Å². The number of carbonyl (C=O) groups excluding carboxylic acids is 1. The molecule has 6 rings (SSSR count). The summed E-state index contributed by atoms with van der Waals surface area (Å²) in [6, 6.07) is 15.8. The maximum Gasteiger partial charge on any atom is 0.216 e. The van der Waals surface area contributed by atoms with Gasteiger partial charge in [-0.2, -0.15) is 0 Å². The molecule has 0 saturated carbocycles. The number of hydrogen-bond donors (Lipinski definition) is 1. The summed E-state index contributed by atoms with van der Waals surface area (Å²) in [6.07, 6.45) is 9.81. The number of hydrogen-bond acceptors (Lipinski definition) is 6. The van der Waals surface area contributed by atoms with Gasteiger partial charge in [0.05, 0.1) is 21.6 Å². The summed E-state index contributed by atoms with van der Waals surface area (Å²) in [6.45, 7) is 10.1. The number of aliphatic hydroxyl groups excluding tert-OH is 1. The van der Waals surface area contributed by atoms with Gasteiger partial charge in [0.2, 0.25) is 5.71 Å². The first kappa shape index (κ1) is 33.0. The van der Waals surface area contributed by atoms with E-state index in [4.69, 9.17) is 9.40 Å². The van der Waals surface area contributed by atoms with Crippen LogP contribution in [0.3, 0.4) is 0 Å². The molecule has 7 heteroatoms. The maximum absolute atomic E-state index is 11.7. The second-order valence-electron chi connectivity index (χ2n) is 11.3. The average molecular weight is 774 g/mol. The molecule has 0 unspecified atom stereocenters. The van der Waals surface area contributed by atoms with Crippen LogP contribution in [0.5, 0.6) is 0 Å². The number of ketones is 1. The monoisotopic (exact) mass is 774 g/mol. The van der Waals surface area contributed by atoms with Crippen molar-refractivity contribution in [1.29, 1.82) is 0 Å². The van der Waals surface area contributed by atoms with Gasteiger partial charge in [-0.25, -0.2) is 4.98 Å². The maximum atomic E-state index is 11.7. The SMILES string of the molecule is CCC(CC)C(=O)/C=C(\O)C(CC)CC.Cc1ccc2c(n1)oc1c(-c3ccc4sc5c(c4n3)CCCC5)[c-]ccc12.[Ir]. The summed E-state index contributed by atoms with van der Waals surface area (Å²) in [5.74, 6) is 0.547. The van der Waals surface area contributed by atoms with Crippen LogP contribution in [0.2, 0.25) is 0 Å². The van der Waals surface area contributed by atoms with E-state index in [1.807, 2.05) is 64.2 Å². The number of nitrogens with zero attached hydrogens (tertiary/aromatic N) is 2. The van der Waals surface area contributed by atoms with E-state index in [2.05, 4.69) is 29.2 Å². The van der Waals surface area contributed by atoms with Crippen molar-refractivity contribution in [3.05, 3.63) is 70.4 Å². The molecule has 1 aliphatic carbocycles. The van der Waals surface area contributed by atoms with Gasteiger partial charge in [0, 0.05) is 54.0 Å². The number of aliphatic hydroxyl groups is 1. The third kappa shape index (κ3) is 6.95. The zero-order valence-electron chi connectivity index (χ0n) is 25.8. The predicted molar refractivity (Wildman–Crippen MR) is 174 cm³/mol. The topological polar surface area (TPSA) is 76.2 Å². The van der Waals surface area contributed by atoms with Crippen LogP contribution in [0.1, 0.15) is 82.4 Å². The van der Waals surface area contributed by atoms with Gasteiger partial charge in [-0.3, -0.25) is 9.78 Å². The fourth-order valence-corrected chi connectivity index (χ4v) is 7.18. The first-order valence-electron chi connectivity index (χ1n) is 15.4. The zero-order valence-corrected chi connectivity index (χ0v) is 29.0. The molecule has 1 aliphatic rings. The van der Waals surface area contributed by atoms with Crippen molar-refractivity contribution < 1.29 is 34.4 Å². The number of benzene rings is 1. The van der Waals surface area contributed by atoms with Gasteiger partial charge in [0.1, 0.15) is 0 Å². The summed E-state index contributed by atoms with van der Waals surface area (Å²) < 4.78 is 7.44. The van der Waals surface area contributed by atoms with Crippen LogP contribution in [-0.4, -0.2) is 20.9 Å².